The quantitative estimate of drug-likeness (QED) is 0.779. The van der Waals surface area contributed by atoms with E-state index in [0.29, 0.717) is 18.1 Å². The van der Waals surface area contributed by atoms with Gasteiger partial charge in [-0.3, -0.25) is 0 Å². The minimum Gasteiger partial charge on any atom is -0.438 e. The first-order valence-corrected chi connectivity index (χ1v) is 6.23. The van der Waals surface area contributed by atoms with Crippen molar-refractivity contribution in [3.63, 3.8) is 0 Å². The second-order valence-corrected chi connectivity index (χ2v) is 4.55. The highest BCUT2D eigenvalue weighted by atomic mass is 16.3. The van der Waals surface area contributed by atoms with Crippen LogP contribution in [0.2, 0.25) is 0 Å². The Labute approximate surface area is 111 Å². The number of benzene rings is 1. The summed E-state index contributed by atoms with van der Waals surface area (Å²) >= 11 is 0. The number of oxazole rings is 1. The number of hydrogen-bond acceptors (Lipinski definition) is 4. The molecule has 0 amide bonds. The number of fused-ring (bicyclic) bond motifs is 1. The lowest BCUT2D eigenvalue weighted by atomic mass is 10.1. The summed E-state index contributed by atoms with van der Waals surface area (Å²) in [5.41, 5.74) is 4.80. The van der Waals surface area contributed by atoms with E-state index in [0.717, 1.165) is 16.7 Å². The number of aryl methyl sites for hydroxylation is 1. The molecule has 0 spiro atoms. The van der Waals surface area contributed by atoms with E-state index < -0.39 is 0 Å². The van der Waals surface area contributed by atoms with E-state index >= 15 is 0 Å². The first-order chi connectivity index (χ1) is 9.26. The Bertz CT molecular complexity index is 701. The predicted molar refractivity (Wildman–Crippen MR) is 74.7 cm³/mol. The maximum Gasteiger partial charge on any atom is 0.211 e. The van der Waals surface area contributed by atoms with Crippen molar-refractivity contribution < 1.29 is 4.42 Å². The largest absolute Gasteiger partial charge is 0.438 e. The van der Waals surface area contributed by atoms with Gasteiger partial charge in [0.2, 0.25) is 5.89 Å². The van der Waals surface area contributed by atoms with Gasteiger partial charge in [-0.15, -0.1) is 0 Å². The summed E-state index contributed by atoms with van der Waals surface area (Å²) in [5.74, 6) is 0.658. The van der Waals surface area contributed by atoms with Gasteiger partial charge < -0.3 is 9.73 Å². The minimum atomic E-state index is 0.607. The smallest absolute Gasteiger partial charge is 0.211 e. The molecule has 4 nitrogen and oxygen atoms in total. The lowest BCUT2D eigenvalue weighted by Gasteiger charge is -2.00. The molecule has 19 heavy (non-hydrogen) atoms. The Morgan fingerprint density at radius 3 is 2.68 bits per heavy atom. The van der Waals surface area contributed by atoms with Crippen LogP contribution in [0.4, 0.5) is 0 Å². The van der Waals surface area contributed by atoms with Crippen LogP contribution in [0.1, 0.15) is 11.5 Å². The van der Waals surface area contributed by atoms with Crippen LogP contribution in [0.25, 0.3) is 22.4 Å². The fourth-order valence-electron chi connectivity index (χ4n) is 2.00. The molecule has 3 aromatic rings. The zero-order valence-electron chi connectivity index (χ0n) is 11.0. The molecule has 0 aliphatic carbocycles. The van der Waals surface area contributed by atoms with Crippen LogP contribution in [0.5, 0.6) is 0 Å². The molecule has 0 aliphatic heterocycles. The molecule has 0 fully saturated rings. The Balaban J connectivity index is 2.03. The number of aromatic nitrogens is 2. The molecule has 1 N–H and O–H groups in total. The zero-order chi connectivity index (χ0) is 13.2. The normalized spacial score (nSPS) is 11.1. The molecule has 96 valence electrons. The summed E-state index contributed by atoms with van der Waals surface area (Å²) in [6.07, 6.45) is 1.83. The lowest BCUT2D eigenvalue weighted by Crippen LogP contribution is -2.04. The fourth-order valence-corrected chi connectivity index (χ4v) is 2.00. The van der Waals surface area contributed by atoms with Gasteiger partial charge >= 0.3 is 0 Å². The van der Waals surface area contributed by atoms with Crippen molar-refractivity contribution in [2.75, 3.05) is 7.05 Å². The van der Waals surface area contributed by atoms with Crippen molar-refractivity contribution in [1.82, 2.24) is 15.3 Å². The van der Waals surface area contributed by atoms with Crippen molar-refractivity contribution >= 4 is 11.2 Å². The summed E-state index contributed by atoms with van der Waals surface area (Å²) in [6.45, 7) is 2.68. The van der Waals surface area contributed by atoms with Crippen molar-refractivity contribution in [3.05, 3.63) is 48.0 Å². The third-order valence-corrected chi connectivity index (χ3v) is 3.00. The third kappa shape index (κ3) is 2.35. The van der Waals surface area contributed by atoms with Gasteiger partial charge in [-0.05, 0) is 25.6 Å². The summed E-state index contributed by atoms with van der Waals surface area (Å²) in [6, 6.07) is 10.3. The zero-order valence-corrected chi connectivity index (χ0v) is 11.0. The number of hydrogen-bond donors (Lipinski definition) is 1. The van der Waals surface area contributed by atoms with E-state index in [1.54, 1.807) is 0 Å². The van der Waals surface area contributed by atoms with Crippen LogP contribution in [-0.4, -0.2) is 17.0 Å². The Morgan fingerprint density at radius 1 is 1.16 bits per heavy atom. The van der Waals surface area contributed by atoms with Crippen molar-refractivity contribution in [1.29, 1.82) is 0 Å². The van der Waals surface area contributed by atoms with Crippen LogP contribution < -0.4 is 5.32 Å². The van der Waals surface area contributed by atoms with E-state index in [4.69, 9.17) is 4.42 Å². The maximum atomic E-state index is 5.66. The molecule has 0 saturated heterocycles. The fraction of sp³-hybridized carbons (Fsp3) is 0.200. The van der Waals surface area contributed by atoms with Crippen LogP contribution >= 0.6 is 0 Å². The van der Waals surface area contributed by atoms with Crippen molar-refractivity contribution in [2.24, 2.45) is 0 Å². The van der Waals surface area contributed by atoms with E-state index in [2.05, 4.69) is 46.5 Å². The number of rotatable bonds is 3. The van der Waals surface area contributed by atoms with Gasteiger partial charge in [0.15, 0.2) is 11.2 Å². The van der Waals surface area contributed by atoms with E-state index in [9.17, 15) is 0 Å². The van der Waals surface area contributed by atoms with Crippen LogP contribution in [-0.2, 0) is 6.54 Å². The topological polar surface area (TPSA) is 51.0 Å². The first kappa shape index (κ1) is 11.9. The highest BCUT2D eigenvalue weighted by Crippen LogP contribution is 2.23. The van der Waals surface area contributed by atoms with Crippen LogP contribution in [0.15, 0.2) is 40.9 Å². The van der Waals surface area contributed by atoms with Gasteiger partial charge in [-0.1, -0.05) is 29.8 Å². The van der Waals surface area contributed by atoms with Crippen molar-refractivity contribution in [3.8, 4) is 11.1 Å². The molecular formula is C15H15N3O. The van der Waals surface area contributed by atoms with E-state index in [1.165, 1.54) is 5.56 Å². The highest BCUT2D eigenvalue weighted by molar-refractivity contribution is 5.76. The van der Waals surface area contributed by atoms with E-state index in [1.807, 2.05) is 19.3 Å². The summed E-state index contributed by atoms with van der Waals surface area (Å²) in [5, 5.41) is 3.01. The average Bonchev–Trinajstić information content (AvgIpc) is 2.81. The summed E-state index contributed by atoms with van der Waals surface area (Å²) < 4.78 is 5.66. The van der Waals surface area contributed by atoms with Crippen LogP contribution in [0, 0.1) is 6.92 Å². The van der Waals surface area contributed by atoms with Gasteiger partial charge in [0, 0.05) is 11.8 Å². The van der Waals surface area contributed by atoms with Gasteiger partial charge in [-0.25, -0.2) is 4.98 Å². The molecule has 0 bridgehead atoms. The molecular weight excluding hydrogens is 238 g/mol. The summed E-state index contributed by atoms with van der Waals surface area (Å²) in [7, 11) is 1.86. The molecule has 2 aromatic heterocycles. The van der Waals surface area contributed by atoms with Gasteiger partial charge in [-0.2, -0.15) is 4.98 Å². The Morgan fingerprint density at radius 2 is 1.95 bits per heavy atom. The molecule has 0 unspecified atom stereocenters. The molecule has 1 aromatic carbocycles. The second kappa shape index (κ2) is 4.82. The summed E-state index contributed by atoms with van der Waals surface area (Å²) in [4.78, 5) is 8.66. The Kier molecular flexibility index (Phi) is 3.01. The first-order valence-electron chi connectivity index (χ1n) is 6.23. The van der Waals surface area contributed by atoms with Gasteiger partial charge in [0.05, 0.1) is 6.54 Å². The van der Waals surface area contributed by atoms with Gasteiger partial charge in [0.25, 0.3) is 0 Å². The molecule has 0 radical (unpaired) electrons. The average molecular weight is 253 g/mol. The molecule has 2 heterocycles. The SMILES string of the molecule is CNCc1nc2ncc(-c3ccc(C)cc3)cc2o1. The molecule has 0 atom stereocenters. The molecule has 0 aliphatic rings. The minimum absolute atomic E-state index is 0.607. The predicted octanol–water partition coefficient (Wildman–Crippen LogP) is 2.92. The highest BCUT2D eigenvalue weighted by Gasteiger charge is 2.08. The van der Waals surface area contributed by atoms with Crippen molar-refractivity contribution in [2.45, 2.75) is 13.5 Å². The monoisotopic (exact) mass is 253 g/mol. The second-order valence-electron chi connectivity index (χ2n) is 4.55. The number of nitrogens with one attached hydrogen (secondary N) is 1. The Hall–Kier alpha value is -2.20. The van der Waals surface area contributed by atoms with E-state index in [-0.39, 0.29) is 0 Å². The maximum absolute atomic E-state index is 5.66. The number of nitrogens with zero attached hydrogens (tertiary/aromatic N) is 2. The number of pyridine rings is 1. The molecule has 0 saturated carbocycles. The lowest BCUT2D eigenvalue weighted by molar-refractivity contribution is 0.511. The third-order valence-electron chi connectivity index (χ3n) is 3.00. The molecule has 4 heteroatoms. The standard InChI is InChI=1S/C15H15N3O/c1-10-3-5-11(6-4-10)12-7-13-15(17-8-12)18-14(19-13)9-16-2/h3-8,16H,9H2,1-2H3. The van der Waals surface area contributed by atoms with Gasteiger partial charge in [0.1, 0.15) is 0 Å². The molecule has 3 rings (SSSR count). The van der Waals surface area contributed by atoms with Crippen LogP contribution in [0.3, 0.4) is 0 Å².